The molecule has 0 bridgehead atoms. The van der Waals surface area contributed by atoms with Crippen LogP contribution in [0.5, 0.6) is 0 Å². The van der Waals surface area contributed by atoms with E-state index in [1.165, 1.54) is 25.1 Å². The number of carboxylic acids is 1. The Balaban J connectivity index is 1.80. The number of nitrogens with one attached hydrogen (secondary N) is 1. The van der Waals surface area contributed by atoms with Crippen molar-refractivity contribution in [3.63, 3.8) is 0 Å². The molecule has 2 amide bonds. The number of nitrogens with two attached hydrogens (primary N) is 1. The maximum absolute atomic E-state index is 12.8. The number of aliphatic carboxylic acids is 1. The number of fused-ring (bicyclic) bond motifs is 1. The lowest BCUT2D eigenvalue weighted by molar-refractivity contribution is -0.189. The third-order valence-electron chi connectivity index (χ3n) is 4.78. The Morgan fingerprint density at radius 1 is 1.33 bits per heavy atom. The van der Waals surface area contributed by atoms with Crippen LogP contribution in [0.3, 0.4) is 0 Å². The van der Waals surface area contributed by atoms with Crippen LogP contribution < -0.4 is 11.1 Å². The number of methoxy groups -OCH3 is 1. The number of carbonyl (C=O) groups is 4. The predicted octanol–water partition coefficient (Wildman–Crippen LogP) is 0.0855. The van der Waals surface area contributed by atoms with E-state index in [-0.39, 0.29) is 18.6 Å². The van der Waals surface area contributed by atoms with E-state index < -0.39 is 40.1 Å². The van der Waals surface area contributed by atoms with E-state index in [0.717, 1.165) is 11.8 Å². The summed E-state index contributed by atoms with van der Waals surface area (Å²) in [6, 6.07) is 6.84. The van der Waals surface area contributed by atoms with E-state index in [1.54, 1.807) is 24.3 Å². The average Bonchev–Trinajstić information content (AvgIpc) is 2.71. The summed E-state index contributed by atoms with van der Waals surface area (Å²) in [5.74, 6) is -2.78. The van der Waals surface area contributed by atoms with Gasteiger partial charge in [0.15, 0.2) is 0 Å². The number of benzene rings is 1. The van der Waals surface area contributed by atoms with E-state index in [9.17, 15) is 24.3 Å². The van der Waals surface area contributed by atoms with Crippen molar-refractivity contribution in [2.24, 2.45) is 0 Å². The average molecular weight is 435 g/mol. The van der Waals surface area contributed by atoms with Crippen molar-refractivity contribution in [3.05, 3.63) is 41.6 Å². The molecule has 160 valence electrons. The fraction of sp³-hybridized carbons (Fsp3) is 0.368. The molecule has 30 heavy (non-hydrogen) atoms. The smallest absolute Gasteiger partial charge is 0.321 e. The summed E-state index contributed by atoms with van der Waals surface area (Å²) in [6.45, 7) is 0.949. The highest BCUT2D eigenvalue weighted by Gasteiger charge is 2.65. The first-order chi connectivity index (χ1) is 14.2. The monoisotopic (exact) mass is 435 g/mol. The van der Waals surface area contributed by atoms with Crippen LogP contribution in [0.4, 0.5) is 5.69 Å². The Hall–Kier alpha value is -3.05. The zero-order valence-corrected chi connectivity index (χ0v) is 17.1. The van der Waals surface area contributed by atoms with Crippen molar-refractivity contribution in [1.82, 2.24) is 10.2 Å². The molecule has 0 saturated carbocycles. The Morgan fingerprint density at radius 3 is 2.63 bits per heavy atom. The van der Waals surface area contributed by atoms with Crippen molar-refractivity contribution in [2.45, 2.75) is 29.7 Å². The number of hydrogen-bond donors (Lipinski definition) is 3. The van der Waals surface area contributed by atoms with E-state index in [2.05, 4.69) is 5.32 Å². The van der Waals surface area contributed by atoms with Crippen molar-refractivity contribution in [2.75, 3.05) is 19.5 Å². The first-order valence-electron chi connectivity index (χ1n) is 8.94. The topological polar surface area (TPSA) is 148 Å². The Morgan fingerprint density at radius 2 is 2.03 bits per heavy atom. The van der Waals surface area contributed by atoms with Gasteiger partial charge in [-0.3, -0.25) is 24.1 Å². The predicted molar refractivity (Wildman–Crippen MR) is 107 cm³/mol. The van der Waals surface area contributed by atoms with Gasteiger partial charge in [-0.2, -0.15) is 0 Å². The number of β-lactam (4-membered cyclic amide) rings is 1. The summed E-state index contributed by atoms with van der Waals surface area (Å²) in [6.07, 6.45) is 1.27. The van der Waals surface area contributed by atoms with Gasteiger partial charge >= 0.3 is 11.9 Å². The molecule has 1 aromatic carbocycles. The molecule has 3 rings (SSSR count). The minimum Gasteiger partial charge on any atom is -0.480 e. The summed E-state index contributed by atoms with van der Waals surface area (Å²) in [5.41, 5.74) is 5.44. The van der Waals surface area contributed by atoms with E-state index >= 15 is 0 Å². The third-order valence-corrected chi connectivity index (χ3v) is 6.37. The van der Waals surface area contributed by atoms with Gasteiger partial charge in [0, 0.05) is 31.5 Å². The van der Waals surface area contributed by atoms with Crippen LogP contribution in [0.25, 0.3) is 0 Å². The molecule has 1 aromatic rings. The van der Waals surface area contributed by atoms with Crippen LogP contribution in [0.2, 0.25) is 0 Å². The Kier molecular flexibility index (Phi) is 6.04. The number of carbonyl (C=O) groups excluding carboxylic acids is 3. The van der Waals surface area contributed by atoms with Gasteiger partial charge in [0.25, 0.3) is 11.6 Å². The van der Waals surface area contributed by atoms with Crippen LogP contribution in [-0.4, -0.2) is 63.8 Å². The second-order valence-electron chi connectivity index (χ2n) is 6.77. The van der Waals surface area contributed by atoms with Gasteiger partial charge in [-0.05, 0) is 11.6 Å². The summed E-state index contributed by atoms with van der Waals surface area (Å²) in [4.78, 5) is 49.5. The van der Waals surface area contributed by atoms with E-state index in [4.69, 9.17) is 15.2 Å². The maximum atomic E-state index is 12.8. The number of hydrogen-bond acceptors (Lipinski definition) is 8. The van der Waals surface area contributed by atoms with Gasteiger partial charge in [-0.15, -0.1) is 11.8 Å². The molecule has 4 N–H and O–H groups in total. The lowest BCUT2D eigenvalue weighted by Gasteiger charge is -2.55. The zero-order valence-electron chi connectivity index (χ0n) is 16.3. The number of para-hydroxylation sites is 1. The van der Waals surface area contributed by atoms with Crippen LogP contribution in [-0.2, 0) is 35.1 Å². The molecule has 10 nitrogen and oxygen atoms in total. The summed E-state index contributed by atoms with van der Waals surface area (Å²) < 4.78 is 10.3. The molecule has 0 radical (unpaired) electrons. The minimum atomic E-state index is -1.71. The van der Waals surface area contributed by atoms with Crippen LogP contribution in [0.1, 0.15) is 12.5 Å². The number of nitrogen functional groups attached to an aromatic ring is 1. The number of ether oxygens (including phenoxy) is 2. The van der Waals surface area contributed by atoms with Gasteiger partial charge in [0.2, 0.25) is 5.91 Å². The largest absolute Gasteiger partial charge is 0.480 e. The Bertz CT molecular complexity index is 934. The highest BCUT2D eigenvalue weighted by molar-refractivity contribution is 8.01. The molecule has 0 spiro atoms. The number of amides is 2. The zero-order chi connectivity index (χ0) is 22.1. The van der Waals surface area contributed by atoms with Crippen molar-refractivity contribution in [3.8, 4) is 0 Å². The third kappa shape index (κ3) is 3.85. The summed E-state index contributed by atoms with van der Waals surface area (Å²) in [7, 11) is 1.26. The standard InChI is InChI=1S/C19H21N3O7S/c1-10(23)29-9-12-8-22-17(27)19(28-2,18(22)30-15(12)16(25)26)21-14(24)7-11-5-3-4-6-13(11)20/h3-6,8,15,18H,7,9,20H2,1-2H3,(H,21,24)(H,25,26)/t15?,18-,19?/m1/s1. The maximum Gasteiger partial charge on any atom is 0.321 e. The molecule has 2 unspecified atom stereocenters. The summed E-state index contributed by atoms with van der Waals surface area (Å²) in [5, 5.41) is 10.3. The van der Waals surface area contributed by atoms with E-state index in [0.29, 0.717) is 11.3 Å². The molecule has 0 aliphatic carbocycles. The van der Waals surface area contributed by atoms with Gasteiger partial charge in [0.1, 0.15) is 17.2 Å². The first kappa shape index (κ1) is 21.7. The quantitative estimate of drug-likeness (QED) is 0.234. The fourth-order valence-corrected chi connectivity index (χ4v) is 4.69. The summed E-state index contributed by atoms with van der Waals surface area (Å²) >= 11 is 0.917. The van der Waals surface area contributed by atoms with Crippen molar-refractivity contribution >= 4 is 41.2 Å². The molecular weight excluding hydrogens is 414 g/mol. The van der Waals surface area contributed by atoms with Gasteiger partial charge in [-0.1, -0.05) is 18.2 Å². The minimum absolute atomic E-state index is 0.0711. The van der Waals surface area contributed by atoms with Crippen LogP contribution in [0, 0.1) is 0 Å². The molecular formula is C19H21N3O7S. The number of anilines is 1. The molecule has 11 heteroatoms. The number of thioether (sulfide) groups is 1. The first-order valence-corrected chi connectivity index (χ1v) is 9.88. The highest BCUT2D eigenvalue weighted by Crippen LogP contribution is 2.46. The number of rotatable bonds is 7. The van der Waals surface area contributed by atoms with Gasteiger partial charge in [-0.25, -0.2) is 0 Å². The SMILES string of the molecule is COC1(NC(=O)Cc2ccccc2N)C(=O)N2C=C(COC(C)=O)C(C(=O)O)S[C@@H]21. The van der Waals surface area contributed by atoms with E-state index in [1.807, 2.05) is 0 Å². The number of esters is 1. The van der Waals surface area contributed by atoms with Gasteiger partial charge < -0.3 is 25.6 Å². The molecule has 0 aromatic heterocycles. The molecule has 2 aliphatic rings. The Labute approximate surface area is 176 Å². The van der Waals surface area contributed by atoms with Gasteiger partial charge in [0.05, 0.1) is 6.42 Å². The van der Waals surface area contributed by atoms with Crippen LogP contribution >= 0.6 is 11.8 Å². The lowest BCUT2D eigenvalue weighted by atomic mass is 9.99. The fourth-order valence-electron chi connectivity index (χ4n) is 3.27. The molecule has 3 atom stereocenters. The number of carboxylic acid groups (broad SMARTS) is 1. The number of nitrogens with zero attached hydrogens (tertiary/aromatic N) is 1. The van der Waals surface area contributed by atoms with Crippen LogP contribution in [0.15, 0.2) is 36.0 Å². The molecule has 2 aliphatic heterocycles. The molecule has 2 heterocycles. The molecule has 1 fully saturated rings. The second kappa shape index (κ2) is 8.36. The van der Waals surface area contributed by atoms with Crippen molar-refractivity contribution < 1.29 is 33.8 Å². The van der Waals surface area contributed by atoms with Crippen molar-refractivity contribution in [1.29, 1.82) is 0 Å². The lowest BCUT2D eigenvalue weighted by Crippen LogP contribution is -2.80. The second-order valence-corrected chi connectivity index (χ2v) is 7.96. The highest BCUT2D eigenvalue weighted by atomic mass is 32.2. The molecule has 1 saturated heterocycles. The normalized spacial score (nSPS) is 24.9.